The van der Waals surface area contributed by atoms with Crippen LogP contribution in [-0.4, -0.2) is 41.4 Å². The van der Waals surface area contributed by atoms with Gasteiger partial charge in [-0.25, -0.2) is 4.79 Å². The third-order valence-electron chi connectivity index (χ3n) is 4.02. The molecule has 24 heavy (non-hydrogen) atoms. The van der Waals surface area contributed by atoms with E-state index in [1.807, 2.05) is 0 Å². The number of hydrogen-bond donors (Lipinski definition) is 1. The molecule has 1 heterocycles. The van der Waals surface area contributed by atoms with Crippen molar-refractivity contribution in [1.29, 1.82) is 0 Å². The molecule has 0 unspecified atom stereocenters. The zero-order chi connectivity index (χ0) is 17.9. The molecule has 0 radical (unpaired) electrons. The number of nitrogens with zero attached hydrogens (tertiary/aromatic N) is 2. The van der Waals surface area contributed by atoms with Crippen LogP contribution in [0.15, 0.2) is 18.2 Å². The lowest BCUT2D eigenvalue weighted by Crippen LogP contribution is -2.44. The van der Waals surface area contributed by atoms with Crippen molar-refractivity contribution in [3.63, 3.8) is 0 Å². The number of nitro benzene ring substituents is 1. The number of nitrogen functional groups attached to an aromatic ring is 1. The van der Waals surface area contributed by atoms with E-state index in [4.69, 9.17) is 10.5 Å². The van der Waals surface area contributed by atoms with E-state index in [1.165, 1.54) is 12.1 Å². The van der Waals surface area contributed by atoms with Gasteiger partial charge >= 0.3 is 5.97 Å². The fraction of sp³-hybridized carbons (Fsp3) is 0.500. The van der Waals surface area contributed by atoms with E-state index in [-0.39, 0.29) is 22.8 Å². The normalized spacial score (nSPS) is 20.5. The number of benzene rings is 1. The van der Waals surface area contributed by atoms with Crippen molar-refractivity contribution < 1.29 is 19.2 Å². The molecule has 2 N–H and O–H groups in total. The van der Waals surface area contributed by atoms with Crippen molar-refractivity contribution in [3.05, 3.63) is 33.9 Å². The molecule has 8 heteroatoms. The van der Waals surface area contributed by atoms with Crippen molar-refractivity contribution in [3.8, 4) is 0 Å². The monoisotopic (exact) mass is 335 g/mol. The van der Waals surface area contributed by atoms with Crippen LogP contribution in [0, 0.1) is 22.0 Å². The van der Waals surface area contributed by atoms with E-state index in [2.05, 4.69) is 13.8 Å². The van der Waals surface area contributed by atoms with Gasteiger partial charge in [0.05, 0.1) is 10.5 Å². The Labute approximate surface area is 139 Å². The molecule has 1 aliphatic rings. The minimum absolute atomic E-state index is 0.0678. The number of likely N-dealkylation sites (tertiary alicyclic amines) is 1. The summed E-state index contributed by atoms with van der Waals surface area (Å²) >= 11 is 0. The van der Waals surface area contributed by atoms with Crippen LogP contribution >= 0.6 is 0 Å². The fourth-order valence-corrected chi connectivity index (χ4v) is 3.00. The first-order chi connectivity index (χ1) is 11.3. The topological polar surface area (TPSA) is 116 Å². The number of piperidine rings is 1. The maximum Gasteiger partial charge on any atom is 0.341 e. The molecular weight excluding hydrogens is 314 g/mol. The second-order valence-corrected chi connectivity index (χ2v) is 6.35. The first-order valence-electron chi connectivity index (χ1n) is 7.76. The molecule has 0 aliphatic carbocycles. The molecular formula is C16H21N3O5. The average Bonchev–Trinajstić information content (AvgIpc) is 2.51. The first kappa shape index (κ1) is 17.7. The highest BCUT2D eigenvalue weighted by Gasteiger charge is 2.26. The van der Waals surface area contributed by atoms with E-state index < -0.39 is 17.5 Å². The van der Waals surface area contributed by atoms with Crippen LogP contribution in [-0.2, 0) is 9.53 Å². The van der Waals surface area contributed by atoms with Gasteiger partial charge in [-0.05, 0) is 24.3 Å². The van der Waals surface area contributed by atoms with E-state index in [9.17, 15) is 19.7 Å². The van der Waals surface area contributed by atoms with Gasteiger partial charge in [-0.3, -0.25) is 14.9 Å². The summed E-state index contributed by atoms with van der Waals surface area (Å²) in [5, 5.41) is 10.8. The van der Waals surface area contributed by atoms with Gasteiger partial charge in [-0.2, -0.15) is 0 Å². The Hall–Kier alpha value is -2.64. The van der Waals surface area contributed by atoms with Crippen LogP contribution in [0.5, 0.6) is 0 Å². The molecule has 0 aromatic heterocycles. The highest BCUT2D eigenvalue weighted by Crippen LogP contribution is 2.22. The number of hydrogen-bond acceptors (Lipinski definition) is 6. The Morgan fingerprint density at radius 2 is 1.96 bits per heavy atom. The minimum Gasteiger partial charge on any atom is -0.452 e. The number of esters is 1. The Bertz CT molecular complexity index is 651. The van der Waals surface area contributed by atoms with E-state index >= 15 is 0 Å². The zero-order valence-corrected chi connectivity index (χ0v) is 13.7. The maximum absolute atomic E-state index is 12.2. The number of anilines is 1. The number of carbonyl (C=O) groups is 2. The summed E-state index contributed by atoms with van der Waals surface area (Å²) in [6.07, 6.45) is 1.06. The van der Waals surface area contributed by atoms with Gasteiger partial charge in [0.15, 0.2) is 6.61 Å². The summed E-state index contributed by atoms with van der Waals surface area (Å²) < 4.78 is 5.00. The van der Waals surface area contributed by atoms with Gasteiger partial charge in [-0.1, -0.05) is 13.8 Å². The third-order valence-corrected chi connectivity index (χ3v) is 4.02. The smallest absolute Gasteiger partial charge is 0.341 e. The zero-order valence-electron chi connectivity index (χ0n) is 13.7. The average molecular weight is 335 g/mol. The molecule has 8 nitrogen and oxygen atoms in total. The van der Waals surface area contributed by atoms with Gasteiger partial charge in [0, 0.05) is 30.9 Å². The van der Waals surface area contributed by atoms with E-state index in [0.29, 0.717) is 24.9 Å². The van der Waals surface area contributed by atoms with Gasteiger partial charge < -0.3 is 15.4 Å². The Morgan fingerprint density at radius 1 is 1.33 bits per heavy atom. The van der Waals surface area contributed by atoms with Gasteiger partial charge in [0.25, 0.3) is 11.6 Å². The Morgan fingerprint density at radius 3 is 2.54 bits per heavy atom. The summed E-state index contributed by atoms with van der Waals surface area (Å²) in [5.41, 5.74) is 5.35. The third kappa shape index (κ3) is 4.21. The van der Waals surface area contributed by atoms with Crippen molar-refractivity contribution in [2.75, 3.05) is 25.4 Å². The number of rotatable bonds is 4. The molecule has 0 bridgehead atoms. The summed E-state index contributed by atoms with van der Waals surface area (Å²) in [6, 6.07) is 3.52. The van der Waals surface area contributed by atoms with Crippen molar-refractivity contribution in [1.82, 2.24) is 4.90 Å². The maximum atomic E-state index is 12.2. The Kier molecular flexibility index (Phi) is 5.38. The van der Waals surface area contributed by atoms with E-state index in [0.717, 1.165) is 12.5 Å². The molecule has 1 aromatic carbocycles. The first-order valence-corrected chi connectivity index (χ1v) is 7.76. The van der Waals surface area contributed by atoms with Crippen molar-refractivity contribution >= 4 is 23.3 Å². The predicted molar refractivity (Wildman–Crippen MR) is 87.3 cm³/mol. The molecule has 2 rings (SSSR count). The van der Waals surface area contributed by atoms with Crippen LogP contribution in [0.4, 0.5) is 11.4 Å². The van der Waals surface area contributed by atoms with E-state index in [1.54, 1.807) is 4.90 Å². The molecule has 0 saturated carbocycles. The van der Waals surface area contributed by atoms with Gasteiger partial charge in [0.1, 0.15) is 0 Å². The lowest BCUT2D eigenvalue weighted by atomic mass is 9.92. The number of amides is 1. The highest BCUT2D eigenvalue weighted by molar-refractivity contribution is 5.97. The van der Waals surface area contributed by atoms with Gasteiger partial charge in [-0.15, -0.1) is 0 Å². The molecule has 1 saturated heterocycles. The molecule has 0 spiro atoms. The van der Waals surface area contributed by atoms with Crippen LogP contribution in [0.2, 0.25) is 0 Å². The minimum atomic E-state index is -0.845. The quantitative estimate of drug-likeness (QED) is 0.388. The van der Waals surface area contributed by atoms with Crippen LogP contribution in [0.25, 0.3) is 0 Å². The largest absolute Gasteiger partial charge is 0.452 e. The lowest BCUT2D eigenvalue weighted by molar-refractivity contribution is -0.384. The van der Waals surface area contributed by atoms with Crippen LogP contribution in [0.1, 0.15) is 30.6 Å². The second kappa shape index (κ2) is 7.29. The number of nitro groups is 1. The number of carbonyl (C=O) groups excluding carboxylic acids is 2. The van der Waals surface area contributed by atoms with Crippen molar-refractivity contribution in [2.45, 2.75) is 20.3 Å². The van der Waals surface area contributed by atoms with Crippen LogP contribution in [0.3, 0.4) is 0 Å². The van der Waals surface area contributed by atoms with Crippen LogP contribution < -0.4 is 5.73 Å². The van der Waals surface area contributed by atoms with Gasteiger partial charge in [0.2, 0.25) is 0 Å². The summed E-state index contributed by atoms with van der Waals surface area (Å²) in [5.74, 6) is -0.310. The number of non-ortho nitro benzene ring substituents is 1. The fourth-order valence-electron chi connectivity index (χ4n) is 3.00. The standard InChI is InChI=1S/C16H21N3O5/c1-10-5-11(2)8-18(7-10)15(20)9-24-16(21)13-6-12(19(22)23)3-4-14(13)17/h3-4,6,10-11H,5,7-9,17H2,1-2H3/t10-,11+. The molecule has 1 fully saturated rings. The summed E-state index contributed by atoms with van der Waals surface area (Å²) in [4.78, 5) is 36.1. The molecule has 130 valence electrons. The second-order valence-electron chi connectivity index (χ2n) is 6.35. The molecule has 1 amide bonds. The predicted octanol–water partition coefficient (Wildman–Crippen LogP) is 1.84. The SMILES string of the molecule is C[C@@H]1C[C@H](C)CN(C(=O)COC(=O)c2cc([N+](=O)[O-])ccc2N)C1. The highest BCUT2D eigenvalue weighted by atomic mass is 16.6. The summed E-state index contributed by atoms with van der Waals surface area (Å²) in [6.45, 7) is 5.03. The lowest BCUT2D eigenvalue weighted by Gasteiger charge is -2.34. The molecule has 1 aromatic rings. The number of ether oxygens (including phenoxy) is 1. The molecule has 2 atom stereocenters. The Balaban J connectivity index is 1.99. The summed E-state index contributed by atoms with van der Waals surface area (Å²) in [7, 11) is 0. The van der Waals surface area contributed by atoms with Crippen molar-refractivity contribution in [2.24, 2.45) is 11.8 Å². The number of nitrogens with two attached hydrogens (primary N) is 1. The molecule has 1 aliphatic heterocycles.